The summed E-state index contributed by atoms with van der Waals surface area (Å²) in [5, 5.41) is 0. The highest BCUT2D eigenvalue weighted by Crippen LogP contribution is 2.35. The van der Waals surface area contributed by atoms with Crippen LogP contribution in [-0.2, 0) is 9.59 Å². The van der Waals surface area contributed by atoms with E-state index in [1.165, 1.54) is 4.90 Å². The summed E-state index contributed by atoms with van der Waals surface area (Å²) in [5.74, 6) is -0.549. The maximum Gasteiger partial charge on any atom is 0.268 e. The molecular formula is C14H16N2O4. The maximum absolute atomic E-state index is 12.1. The molecule has 0 aliphatic carbocycles. The molecule has 1 unspecified atom stereocenters. The zero-order valence-corrected chi connectivity index (χ0v) is 11.4. The lowest BCUT2D eigenvalue weighted by Gasteiger charge is -2.32. The molecular weight excluding hydrogens is 260 g/mol. The van der Waals surface area contributed by atoms with Gasteiger partial charge in [0.25, 0.3) is 5.91 Å². The first-order valence-electron chi connectivity index (χ1n) is 6.37. The highest BCUT2D eigenvalue weighted by atomic mass is 16.5. The van der Waals surface area contributed by atoms with Crippen molar-refractivity contribution in [2.75, 3.05) is 11.4 Å². The van der Waals surface area contributed by atoms with Gasteiger partial charge < -0.3 is 10.5 Å². The summed E-state index contributed by atoms with van der Waals surface area (Å²) < 4.78 is 5.47. The third-order valence-corrected chi connectivity index (χ3v) is 3.12. The Morgan fingerprint density at radius 1 is 1.40 bits per heavy atom. The number of ether oxygens (including phenoxy) is 1. The van der Waals surface area contributed by atoms with Gasteiger partial charge in [0.15, 0.2) is 11.9 Å². The van der Waals surface area contributed by atoms with Gasteiger partial charge in [-0.25, -0.2) is 0 Å². The lowest BCUT2D eigenvalue weighted by molar-refractivity contribution is -0.127. The minimum atomic E-state index is -0.686. The number of anilines is 1. The van der Waals surface area contributed by atoms with Crippen LogP contribution in [-0.4, -0.2) is 30.2 Å². The molecule has 1 aliphatic rings. The predicted molar refractivity (Wildman–Crippen MR) is 72.7 cm³/mol. The third kappa shape index (κ3) is 2.49. The molecule has 20 heavy (non-hydrogen) atoms. The van der Waals surface area contributed by atoms with Crippen LogP contribution < -0.4 is 15.4 Å². The number of benzene rings is 1. The second-order valence-electron chi connectivity index (χ2n) is 4.61. The first-order valence-corrected chi connectivity index (χ1v) is 6.37. The molecule has 6 nitrogen and oxygen atoms in total. The van der Waals surface area contributed by atoms with E-state index in [1.54, 1.807) is 32.0 Å². The van der Waals surface area contributed by atoms with Crippen molar-refractivity contribution < 1.29 is 19.1 Å². The number of ketones is 1. The minimum Gasteiger partial charge on any atom is -0.479 e. The molecule has 0 saturated heterocycles. The average molecular weight is 276 g/mol. The Kier molecular flexibility index (Phi) is 3.74. The number of Topliss-reactive ketones (excluding diaryl/α,β-unsaturated/α-hetero) is 1. The normalized spacial score (nSPS) is 17.4. The van der Waals surface area contributed by atoms with E-state index in [2.05, 4.69) is 0 Å². The van der Waals surface area contributed by atoms with Crippen molar-refractivity contribution in [1.29, 1.82) is 0 Å². The predicted octanol–water partition coefficient (Wildman–Crippen LogP) is 0.878. The van der Waals surface area contributed by atoms with E-state index in [0.717, 1.165) is 0 Å². The van der Waals surface area contributed by atoms with Crippen molar-refractivity contribution in [1.82, 2.24) is 0 Å². The Labute approximate surface area is 116 Å². The van der Waals surface area contributed by atoms with E-state index in [9.17, 15) is 14.4 Å². The number of hydrogen-bond acceptors (Lipinski definition) is 4. The SMILES string of the molecule is CCC(=O)c1ccc2c(c1)N(CC(N)=O)C(=O)C(C)O2. The van der Waals surface area contributed by atoms with Gasteiger partial charge in [-0.15, -0.1) is 0 Å². The van der Waals surface area contributed by atoms with Gasteiger partial charge in [0, 0.05) is 12.0 Å². The van der Waals surface area contributed by atoms with Crippen LogP contribution in [0.15, 0.2) is 18.2 Å². The second-order valence-corrected chi connectivity index (χ2v) is 4.61. The summed E-state index contributed by atoms with van der Waals surface area (Å²) in [4.78, 5) is 36.2. The third-order valence-electron chi connectivity index (χ3n) is 3.12. The van der Waals surface area contributed by atoms with Gasteiger partial charge in [0.1, 0.15) is 12.3 Å². The lowest BCUT2D eigenvalue weighted by atomic mass is 10.1. The van der Waals surface area contributed by atoms with E-state index >= 15 is 0 Å². The van der Waals surface area contributed by atoms with Gasteiger partial charge in [0.2, 0.25) is 5.91 Å². The molecule has 0 aromatic heterocycles. The summed E-state index contributed by atoms with van der Waals surface area (Å²) in [7, 11) is 0. The van der Waals surface area contributed by atoms with Gasteiger partial charge in [-0.05, 0) is 25.1 Å². The number of nitrogens with two attached hydrogens (primary N) is 1. The molecule has 0 fully saturated rings. The molecule has 1 aliphatic heterocycles. The van der Waals surface area contributed by atoms with Gasteiger partial charge in [0.05, 0.1) is 5.69 Å². The number of amides is 2. The van der Waals surface area contributed by atoms with Crippen LogP contribution in [0.1, 0.15) is 30.6 Å². The van der Waals surface area contributed by atoms with Crippen LogP contribution in [0.25, 0.3) is 0 Å². The zero-order chi connectivity index (χ0) is 14.9. The summed E-state index contributed by atoms with van der Waals surface area (Å²) in [6.45, 7) is 3.13. The molecule has 2 N–H and O–H groups in total. The molecule has 2 rings (SSSR count). The number of carbonyl (C=O) groups is 3. The summed E-state index contributed by atoms with van der Waals surface area (Å²) >= 11 is 0. The van der Waals surface area contributed by atoms with Crippen LogP contribution >= 0.6 is 0 Å². The summed E-state index contributed by atoms with van der Waals surface area (Å²) in [6, 6.07) is 4.85. The van der Waals surface area contributed by atoms with Crippen molar-refractivity contribution in [2.45, 2.75) is 26.4 Å². The van der Waals surface area contributed by atoms with E-state index < -0.39 is 12.0 Å². The van der Waals surface area contributed by atoms with Crippen LogP contribution in [0.5, 0.6) is 5.75 Å². The molecule has 0 spiro atoms. The smallest absolute Gasteiger partial charge is 0.268 e. The van der Waals surface area contributed by atoms with Crippen molar-refractivity contribution in [3.63, 3.8) is 0 Å². The van der Waals surface area contributed by atoms with Crippen LogP contribution in [0, 0.1) is 0 Å². The molecule has 2 amide bonds. The van der Waals surface area contributed by atoms with Crippen LogP contribution in [0.4, 0.5) is 5.69 Å². The Balaban J connectivity index is 2.48. The Morgan fingerprint density at radius 3 is 2.70 bits per heavy atom. The molecule has 0 saturated carbocycles. The van der Waals surface area contributed by atoms with Crippen molar-refractivity contribution in [3.8, 4) is 5.75 Å². The lowest BCUT2D eigenvalue weighted by Crippen LogP contribution is -2.48. The van der Waals surface area contributed by atoms with Crippen molar-refractivity contribution >= 4 is 23.3 Å². The molecule has 6 heteroatoms. The molecule has 106 valence electrons. The molecule has 1 aromatic carbocycles. The van der Waals surface area contributed by atoms with Gasteiger partial charge in [-0.3, -0.25) is 19.3 Å². The topological polar surface area (TPSA) is 89.7 Å². The van der Waals surface area contributed by atoms with Crippen molar-refractivity contribution in [2.24, 2.45) is 5.73 Å². The van der Waals surface area contributed by atoms with Gasteiger partial charge in [-0.2, -0.15) is 0 Å². The van der Waals surface area contributed by atoms with Crippen LogP contribution in [0.3, 0.4) is 0 Å². The largest absolute Gasteiger partial charge is 0.479 e. The van der Waals surface area contributed by atoms with E-state index in [0.29, 0.717) is 23.4 Å². The summed E-state index contributed by atoms with van der Waals surface area (Å²) in [5.41, 5.74) is 6.06. The summed E-state index contributed by atoms with van der Waals surface area (Å²) in [6.07, 6.45) is -0.325. The Hall–Kier alpha value is -2.37. The number of hydrogen-bond donors (Lipinski definition) is 1. The van der Waals surface area contributed by atoms with Crippen LogP contribution in [0.2, 0.25) is 0 Å². The average Bonchev–Trinajstić information content (AvgIpc) is 2.42. The number of primary amides is 1. The van der Waals surface area contributed by atoms with Gasteiger partial charge in [-0.1, -0.05) is 6.92 Å². The highest BCUT2D eigenvalue weighted by molar-refractivity contribution is 6.05. The number of carbonyl (C=O) groups excluding carboxylic acids is 3. The quantitative estimate of drug-likeness (QED) is 0.826. The first kappa shape index (κ1) is 14.0. The Bertz CT molecular complexity index is 583. The standard InChI is InChI=1S/C14H16N2O4/c1-3-11(17)9-4-5-12-10(6-9)16(7-13(15)18)14(19)8(2)20-12/h4-6,8H,3,7H2,1-2H3,(H2,15,18). The van der Waals surface area contributed by atoms with Gasteiger partial charge >= 0.3 is 0 Å². The first-order chi connectivity index (χ1) is 9.43. The number of nitrogens with zero attached hydrogens (tertiary/aromatic N) is 1. The van der Waals surface area contributed by atoms with E-state index in [4.69, 9.17) is 10.5 Å². The number of rotatable bonds is 4. The van der Waals surface area contributed by atoms with Crippen molar-refractivity contribution in [3.05, 3.63) is 23.8 Å². The van der Waals surface area contributed by atoms with E-state index in [1.807, 2.05) is 0 Å². The fourth-order valence-corrected chi connectivity index (χ4v) is 2.10. The maximum atomic E-state index is 12.1. The highest BCUT2D eigenvalue weighted by Gasteiger charge is 2.32. The monoisotopic (exact) mass is 276 g/mol. The molecule has 1 atom stereocenters. The zero-order valence-electron chi connectivity index (χ0n) is 11.4. The van der Waals surface area contributed by atoms with E-state index in [-0.39, 0.29) is 18.2 Å². The Morgan fingerprint density at radius 2 is 2.10 bits per heavy atom. The molecule has 0 bridgehead atoms. The minimum absolute atomic E-state index is 0.0436. The molecule has 0 radical (unpaired) electrons. The second kappa shape index (κ2) is 5.32. The fraction of sp³-hybridized carbons (Fsp3) is 0.357. The molecule has 1 aromatic rings. The molecule has 1 heterocycles. The fourth-order valence-electron chi connectivity index (χ4n) is 2.10. The number of fused-ring (bicyclic) bond motifs is 1.